The van der Waals surface area contributed by atoms with Crippen LogP contribution in [0.3, 0.4) is 0 Å². The molecule has 2 aromatic rings. The molecule has 0 bridgehead atoms. The molecule has 1 aliphatic rings. The van der Waals surface area contributed by atoms with Crippen molar-refractivity contribution >= 4 is 31.6 Å². The summed E-state index contributed by atoms with van der Waals surface area (Å²) in [4.78, 5) is 26.0. The smallest absolute Gasteiger partial charge is 0.303 e. The van der Waals surface area contributed by atoms with E-state index in [2.05, 4.69) is 0 Å². The largest absolute Gasteiger partial charge is 0.459 e. The molecule has 0 saturated carbocycles. The van der Waals surface area contributed by atoms with Crippen molar-refractivity contribution in [2.75, 3.05) is 0 Å². The van der Waals surface area contributed by atoms with E-state index in [1.54, 1.807) is 45.0 Å². The van der Waals surface area contributed by atoms with Gasteiger partial charge < -0.3 is 4.74 Å². The Bertz CT molecular complexity index is 1460. The fourth-order valence-corrected chi connectivity index (χ4v) is 9.14. The van der Waals surface area contributed by atoms with Crippen LogP contribution in [0, 0.1) is 25.2 Å². The average Bonchev–Trinajstić information content (AvgIpc) is 2.84. The molecule has 0 spiro atoms. The number of sulfone groups is 1. The Kier molecular flexibility index (Phi) is 9.93. The van der Waals surface area contributed by atoms with Crippen LogP contribution in [0.2, 0.25) is 0 Å². The van der Waals surface area contributed by atoms with E-state index < -0.39 is 54.7 Å². The molecule has 1 fully saturated rings. The van der Waals surface area contributed by atoms with Gasteiger partial charge in [-0.3, -0.25) is 9.59 Å². The molecule has 0 radical (unpaired) electrons. The number of aryl methyl sites for hydroxylation is 2. The van der Waals surface area contributed by atoms with Crippen LogP contribution in [0.15, 0.2) is 58.3 Å². The Balaban J connectivity index is 2.30. The fraction of sp³-hybridized carbons (Fsp3) is 0.548. The maximum atomic E-state index is 14.4. The van der Waals surface area contributed by atoms with E-state index in [0.29, 0.717) is 6.42 Å². The van der Waals surface area contributed by atoms with Crippen molar-refractivity contribution in [1.29, 1.82) is 0 Å². The van der Waals surface area contributed by atoms with Crippen molar-refractivity contribution in [1.82, 2.24) is 4.31 Å². The third kappa shape index (κ3) is 7.45. The van der Waals surface area contributed by atoms with E-state index in [1.807, 2.05) is 27.7 Å². The molecule has 0 amide bonds. The van der Waals surface area contributed by atoms with Crippen LogP contribution in [0.25, 0.3) is 0 Å². The van der Waals surface area contributed by atoms with Crippen molar-refractivity contribution in [3.05, 3.63) is 59.7 Å². The van der Waals surface area contributed by atoms with E-state index in [1.165, 1.54) is 28.6 Å². The maximum Gasteiger partial charge on any atom is 0.303 e. The highest BCUT2D eigenvalue weighted by atomic mass is 32.2. The molecule has 3 rings (SSSR count). The van der Waals surface area contributed by atoms with Gasteiger partial charge >= 0.3 is 5.97 Å². The van der Waals surface area contributed by atoms with Crippen LogP contribution in [-0.4, -0.2) is 56.3 Å². The molecule has 2 aromatic carbocycles. The van der Waals surface area contributed by atoms with E-state index in [-0.39, 0.29) is 34.3 Å². The van der Waals surface area contributed by atoms with Gasteiger partial charge in [0.2, 0.25) is 10.0 Å². The molecular weight excluding hydrogens is 562 g/mol. The lowest BCUT2D eigenvalue weighted by molar-refractivity contribution is -0.153. The van der Waals surface area contributed by atoms with Gasteiger partial charge in [-0.15, -0.1) is 0 Å². The number of hydrogen-bond acceptors (Lipinski definition) is 7. The minimum absolute atomic E-state index is 0.0164. The summed E-state index contributed by atoms with van der Waals surface area (Å²) in [7, 11) is -8.32. The Morgan fingerprint density at radius 1 is 0.902 bits per heavy atom. The van der Waals surface area contributed by atoms with Crippen LogP contribution in [0.1, 0.15) is 71.9 Å². The lowest BCUT2D eigenvalue weighted by atomic mass is 9.82. The fourth-order valence-electron chi connectivity index (χ4n) is 5.37. The lowest BCUT2D eigenvalue weighted by Crippen LogP contribution is -2.64. The van der Waals surface area contributed by atoms with E-state index in [9.17, 15) is 26.4 Å². The normalized spacial score (nSPS) is 22.5. The summed E-state index contributed by atoms with van der Waals surface area (Å²) >= 11 is 0. The first-order chi connectivity index (χ1) is 18.9. The molecule has 0 aromatic heterocycles. The van der Waals surface area contributed by atoms with Crippen molar-refractivity contribution in [2.45, 2.75) is 108 Å². The Hall–Kier alpha value is -2.56. The van der Waals surface area contributed by atoms with Crippen molar-refractivity contribution in [2.24, 2.45) is 11.3 Å². The summed E-state index contributed by atoms with van der Waals surface area (Å²) in [5, 5.41) is -1.25. The number of Topliss-reactive ketones (excluding diaryl/α,β-unsaturated/α-hetero) is 1. The first-order valence-corrected chi connectivity index (χ1v) is 17.0. The van der Waals surface area contributed by atoms with Gasteiger partial charge in [-0.2, -0.15) is 4.31 Å². The molecule has 1 aliphatic heterocycles. The molecule has 0 unspecified atom stereocenters. The number of carbonyl (C=O) groups is 2. The van der Waals surface area contributed by atoms with Gasteiger partial charge in [0.25, 0.3) is 0 Å². The molecule has 10 heteroatoms. The van der Waals surface area contributed by atoms with Crippen molar-refractivity contribution < 1.29 is 31.2 Å². The van der Waals surface area contributed by atoms with Gasteiger partial charge in [-0.25, -0.2) is 16.8 Å². The van der Waals surface area contributed by atoms with Crippen LogP contribution in [0.5, 0.6) is 0 Å². The summed E-state index contributed by atoms with van der Waals surface area (Å²) in [6.07, 6.45) is -1.43. The Morgan fingerprint density at radius 2 is 1.39 bits per heavy atom. The number of hydrogen-bond donors (Lipinski definition) is 0. The zero-order valence-corrected chi connectivity index (χ0v) is 26.9. The minimum atomic E-state index is -4.23. The first kappa shape index (κ1) is 32.9. The number of ether oxygens (including phenoxy) is 1. The molecule has 0 N–H and O–H groups in total. The zero-order valence-electron chi connectivity index (χ0n) is 25.2. The monoisotopic (exact) mass is 605 g/mol. The topological polar surface area (TPSA) is 115 Å². The lowest BCUT2D eigenvalue weighted by Gasteiger charge is -2.48. The number of benzene rings is 2. The molecule has 41 heavy (non-hydrogen) atoms. The first-order valence-electron chi connectivity index (χ1n) is 14.0. The predicted octanol–water partition coefficient (Wildman–Crippen LogP) is 5.26. The molecule has 4 atom stereocenters. The average molecular weight is 606 g/mol. The third-order valence-electron chi connectivity index (χ3n) is 7.56. The van der Waals surface area contributed by atoms with Crippen molar-refractivity contribution in [3.8, 4) is 0 Å². The number of sulfonamides is 1. The molecule has 1 heterocycles. The Labute approximate surface area is 245 Å². The molecule has 8 nitrogen and oxygen atoms in total. The van der Waals surface area contributed by atoms with Gasteiger partial charge in [-0.1, -0.05) is 70.0 Å². The number of piperidine rings is 1. The molecule has 0 aliphatic carbocycles. The van der Waals surface area contributed by atoms with E-state index in [0.717, 1.165) is 18.1 Å². The van der Waals surface area contributed by atoms with Gasteiger partial charge in [-0.05, 0) is 56.9 Å². The predicted molar refractivity (Wildman–Crippen MR) is 159 cm³/mol. The van der Waals surface area contributed by atoms with Crippen LogP contribution in [-0.2, 0) is 34.2 Å². The van der Waals surface area contributed by atoms with Gasteiger partial charge in [0.05, 0.1) is 15.8 Å². The zero-order chi connectivity index (χ0) is 30.9. The summed E-state index contributed by atoms with van der Waals surface area (Å²) in [5.41, 5.74) is 0.921. The van der Waals surface area contributed by atoms with Gasteiger partial charge in [0.1, 0.15) is 17.1 Å². The second kappa shape index (κ2) is 12.4. The molecule has 1 saturated heterocycles. The molecular formula is C31H43NO7S2. The van der Waals surface area contributed by atoms with Crippen molar-refractivity contribution in [3.63, 3.8) is 0 Å². The van der Waals surface area contributed by atoms with Crippen LogP contribution in [0.4, 0.5) is 0 Å². The number of nitrogens with zero attached hydrogens (tertiary/aromatic N) is 1. The second-order valence-corrected chi connectivity index (χ2v) is 16.6. The highest BCUT2D eigenvalue weighted by Crippen LogP contribution is 2.41. The Morgan fingerprint density at radius 3 is 1.83 bits per heavy atom. The third-order valence-corrected chi connectivity index (χ3v) is 11.7. The van der Waals surface area contributed by atoms with Gasteiger partial charge in [0.15, 0.2) is 9.84 Å². The van der Waals surface area contributed by atoms with E-state index >= 15 is 0 Å². The number of esters is 1. The summed E-state index contributed by atoms with van der Waals surface area (Å²) in [5.74, 6) is -0.995. The summed E-state index contributed by atoms with van der Waals surface area (Å²) in [6.45, 7) is 13.9. The summed E-state index contributed by atoms with van der Waals surface area (Å²) < 4.78 is 64.0. The quantitative estimate of drug-likeness (QED) is 0.358. The highest BCUT2D eigenvalue weighted by Gasteiger charge is 2.55. The number of ketones is 1. The van der Waals surface area contributed by atoms with Crippen LogP contribution >= 0.6 is 0 Å². The molecule has 226 valence electrons. The number of carbonyl (C=O) groups excluding carboxylic acids is 2. The van der Waals surface area contributed by atoms with E-state index in [4.69, 9.17) is 4.74 Å². The SMILES string of the molecule is CC(=O)O[C@H]1[C@@H](CC(=O)C(C)(C)C)N(S(=O)(=O)c2ccc(C)cc2)[C@@H](CC(C)C)C[C@@H]1S(=O)(=O)c1ccc(C)cc1. The second-order valence-electron chi connectivity index (χ2n) is 12.6. The van der Waals surface area contributed by atoms with Gasteiger partial charge in [0, 0.05) is 24.8 Å². The highest BCUT2D eigenvalue weighted by molar-refractivity contribution is 7.92. The number of rotatable bonds is 9. The standard InChI is InChI=1S/C31H43NO7S2/c1-20(2)17-24-18-28(40(35,36)25-13-9-21(3)10-14-25)30(39-23(5)33)27(19-29(34)31(6,7)8)32(24)41(37,38)26-15-11-22(4)12-16-26/h9-16,20,24,27-28,30H,17-19H2,1-8H3/t24-,27+,28-,30-/m0/s1. The minimum Gasteiger partial charge on any atom is -0.459 e. The van der Waals surface area contributed by atoms with Crippen LogP contribution < -0.4 is 0 Å². The summed E-state index contributed by atoms with van der Waals surface area (Å²) in [6, 6.07) is 10.8. The maximum absolute atomic E-state index is 14.4.